The van der Waals surface area contributed by atoms with Crippen LogP contribution in [0.25, 0.3) is 11.0 Å². The molecule has 0 saturated heterocycles. The van der Waals surface area contributed by atoms with Crippen molar-refractivity contribution in [2.75, 3.05) is 6.54 Å². The van der Waals surface area contributed by atoms with Gasteiger partial charge in [-0.05, 0) is 25.0 Å². The Kier molecular flexibility index (Phi) is 4.29. The Balaban J connectivity index is 2.20. The lowest BCUT2D eigenvalue weighted by Crippen LogP contribution is -2.42. The molecule has 20 heavy (non-hydrogen) atoms. The number of carbonyl (C=O) groups excluding carboxylic acids is 1. The monoisotopic (exact) mass is 273 g/mol. The van der Waals surface area contributed by atoms with E-state index in [1.54, 1.807) is 24.5 Å². The summed E-state index contributed by atoms with van der Waals surface area (Å²) in [4.78, 5) is 20.6. The molecule has 0 aliphatic rings. The number of para-hydroxylation sites is 1. The Morgan fingerprint density at radius 2 is 1.95 bits per heavy atom. The van der Waals surface area contributed by atoms with Crippen LogP contribution in [0.1, 0.15) is 37.0 Å². The fourth-order valence-corrected chi connectivity index (χ4v) is 2.02. The molecule has 1 amide bonds. The highest BCUT2D eigenvalue weighted by Crippen LogP contribution is 2.16. The highest BCUT2D eigenvalue weighted by atomic mass is 16.3. The minimum atomic E-state index is -0.855. The summed E-state index contributed by atoms with van der Waals surface area (Å²) in [5.41, 5.74) is 0.877. The van der Waals surface area contributed by atoms with E-state index in [9.17, 15) is 9.90 Å². The molecule has 0 aliphatic heterocycles. The molecule has 2 rings (SSSR count). The van der Waals surface area contributed by atoms with Gasteiger partial charge in [0.2, 0.25) is 0 Å². The maximum Gasteiger partial charge on any atom is 0.253 e. The summed E-state index contributed by atoms with van der Waals surface area (Å²) in [7, 11) is 0. The summed E-state index contributed by atoms with van der Waals surface area (Å²) in [6, 6.07) is 5.30. The summed E-state index contributed by atoms with van der Waals surface area (Å²) in [5, 5.41) is 13.0. The lowest BCUT2D eigenvalue weighted by Gasteiger charge is -2.25. The van der Waals surface area contributed by atoms with Crippen LogP contribution in [0.5, 0.6) is 0 Å². The van der Waals surface area contributed by atoms with Crippen molar-refractivity contribution in [1.82, 2.24) is 15.3 Å². The van der Waals surface area contributed by atoms with Crippen LogP contribution in [-0.2, 0) is 0 Å². The van der Waals surface area contributed by atoms with Crippen molar-refractivity contribution in [1.29, 1.82) is 0 Å². The lowest BCUT2D eigenvalue weighted by molar-refractivity contribution is 0.0314. The van der Waals surface area contributed by atoms with E-state index in [1.165, 1.54) is 0 Å². The predicted molar refractivity (Wildman–Crippen MR) is 77.4 cm³/mol. The molecule has 0 spiro atoms. The first-order valence-electron chi connectivity index (χ1n) is 6.80. The third-order valence-electron chi connectivity index (χ3n) is 3.64. The zero-order chi connectivity index (χ0) is 14.6. The number of aromatic nitrogens is 2. The second-order valence-electron chi connectivity index (χ2n) is 4.84. The third kappa shape index (κ3) is 2.93. The Labute approximate surface area is 118 Å². The summed E-state index contributed by atoms with van der Waals surface area (Å²) in [5.74, 6) is -0.239. The van der Waals surface area contributed by atoms with Gasteiger partial charge in [-0.1, -0.05) is 19.9 Å². The van der Waals surface area contributed by atoms with Crippen molar-refractivity contribution in [3.05, 3.63) is 36.2 Å². The normalized spacial score (nSPS) is 11.6. The molecule has 0 aliphatic carbocycles. The summed E-state index contributed by atoms with van der Waals surface area (Å²) in [6.45, 7) is 4.04. The number of rotatable bonds is 5. The van der Waals surface area contributed by atoms with Gasteiger partial charge >= 0.3 is 0 Å². The number of nitrogens with zero attached hydrogens (tertiary/aromatic N) is 2. The van der Waals surface area contributed by atoms with E-state index >= 15 is 0 Å². The number of amides is 1. The quantitative estimate of drug-likeness (QED) is 0.872. The first-order valence-corrected chi connectivity index (χ1v) is 6.80. The maximum atomic E-state index is 12.2. The van der Waals surface area contributed by atoms with Crippen molar-refractivity contribution in [2.45, 2.75) is 32.3 Å². The molecular formula is C15H19N3O2. The third-order valence-corrected chi connectivity index (χ3v) is 3.64. The van der Waals surface area contributed by atoms with Gasteiger partial charge in [-0.3, -0.25) is 14.8 Å². The summed E-state index contributed by atoms with van der Waals surface area (Å²) in [6.07, 6.45) is 4.35. The number of benzene rings is 1. The fraction of sp³-hybridized carbons (Fsp3) is 0.400. The Bertz CT molecular complexity index is 604. The second-order valence-corrected chi connectivity index (χ2v) is 4.84. The molecule has 0 radical (unpaired) electrons. The van der Waals surface area contributed by atoms with Crippen LogP contribution in [-0.4, -0.2) is 33.1 Å². The van der Waals surface area contributed by atoms with Crippen molar-refractivity contribution >= 4 is 16.9 Å². The van der Waals surface area contributed by atoms with E-state index in [4.69, 9.17) is 0 Å². The van der Waals surface area contributed by atoms with E-state index in [1.807, 2.05) is 19.9 Å². The molecule has 1 aromatic heterocycles. The summed E-state index contributed by atoms with van der Waals surface area (Å²) < 4.78 is 0. The molecule has 0 atom stereocenters. The zero-order valence-electron chi connectivity index (χ0n) is 11.8. The van der Waals surface area contributed by atoms with Crippen molar-refractivity contribution in [3.63, 3.8) is 0 Å². The molecule has 0 unspecified atom stereocenters. The predicted octanol–water partition coefficient (Wildman–Crippen LogP) is 1.91. The van der Waals surface area contributed by atoms with Crippen LogP contribution < -0.4 is 5.32 Å². The molecule has 1 heterocycles. The highest BCUT2D eigenvalue weighted by molar-refractivity contribution is 6.04. The Morgan fingerprint density at radius 1 is 1.25 bits per heavy atom. The average Bonchev–Trinajstić information content (AvgIpc) is 2.51. The van der Waals surface area contributed by atoms with E-state index < -0.39 is 5.60 Å². The van der Waals surface area contributed by atoms with Gasteiger partial charge in [0.15, 0.2) is 0 Å². The molecule has 2 N–H and O–H groups in total. The average molecular weight is 273 g/mol. The largest absolute Gasteiger partial charge is 0.388 e. The lowest BCUT2D eigenvalue weighted by atomic mass is 9.97. The number of hydrogen-bond acceptors (Lipinski definition) is 4. The number of carbonyl (C=O) groups is 1. The van der Waals surface area contributed by atoms with Gasteiger partial charge in [0.25, 0.3) is 5.91 Å². The molecule has 5 nitrogen and oxygen atoms in total. The summed E-state index contributed by atoms with van der Waals surface area (Å²) >= 11 is 0. The van der Waals surface area contributed by atoms with E-state index in [0.29, 0.717) is 29.4 Å². The highest BCUT2D eigenvalue weighted by Gasteiger charge is 2.23. The van der Waals surface area contributed by atoms with Crippen molar-refractivity contribution in [3.8, 4) is 0 Å². The fourth-order valence-electron chi connectivity index (χ4n) is 2.02. The van der Waals surface area contributed by atoms with Gasteiger partial charge in [0.05, 0.1) is 16.7 Å². The SMILES string of the molecule is CCC(O)(CC)CNC(=O)c1cccc2nccnc12. The molecule has 2 aromatic rings. The molecule has 1 aromatic carbocycles. The molecule has 0 saturated carbocycles. The van der Waals surface area contributed by atoms with Crippen LogP contribution in [0.15, 0.2) is 30.6 Å². The van der Waals surface area contributed by atoms with Crippen LogP contribution in [0, 0.1) is 0 Å². The van der Waals surface area contributed by atoms with Crippen LogP contribution in [0.3, 0.4) is 0 Å². The van der Waals surface area contributed by atoms with E-state index in [0.717, 1.165) is 0 Å². The Hall–Kier alpha value is -2.01. The molecular weight excluding hydrogens is 254 g/mol. The minimum absolute atomic E-state index is 0.232. The van der Waals surface area contributed by atoms with Crippen LogP contribution in [0.4, 0.5) is 0 Å². The Morgan fingerprint density at radius 3 is 2.65 bits per heavy atom. The number of hydrogen-bond donors (Lipinski definition) is 2. The number of fused-ring (bicyclic) bond motifs is 1. The van der Waals surface area contributed by atoms with Crippen molar-refractivity contribution in [2.24, 2.45) is 0 Å². The smallest absolute Gasteiger partial charge is 0.253 e. The molecule has 0 bridgehead atoms. The first kappa shape index (κ1) is 14.4. The number of aliphatic hydroxyl groups is 1. The van der Waals surface area contributed by atoms with Gasteiger partial charge in [0.1, 0.15) is 5.52 Å². The zero-order valence-corrected chi connectivity index (χ0v) is 11.8. The first-order chi connectivity index (χ1) is 9.59. The molecule has 0 fully saturated rings. The van der Waals surface area contributed by atoms with Gasteiger partial charge < -0.3 is 10.4 Å². The maximum absolute atomic E-state index is 12.2. The van der Waals surface area contributed by atoms with Gasteiger partial charge in [0, 0.05) is 18.9 Å². The van der Waals surface area contributed by atoms with E-state index in [-0.39, 0.29) is 12.5 Å². The second kappa shape index (κ2) is 5.96. The van der Waals surface area contributed by atoms with Gasteiger partial charge in [-0.25, -0.2) is 0 Å². The topological polar surface area (TPSA) is 75.1 Å². The standard InChI is InChI=1S/C15H19N3O2/c1-3-15(20,4-2)10-18-14(19)11-6-5-7-12-13(11)17-9-8-16-12/h5-9,20H,3-4,10H2,1-2H3,(H,18,19). The van der Waals surface area contributed by atoms with Crippen LogP contribution >= 0.6 is 0 Å². The van der Waals surface area contributed by atoms with Gasteiger partial charge in [-0.2, -0.15) is 0 Å². The van der Waals surface area contributed by atoms with Gasteiger partial charge in [-0.15, -0.1) is 0 Å². The minimum Gasteiger partial charge on any atom is -0.388 e. The van der Waals surface area contributed by atoms with Crippen LogP contribution in [0.2, 0.25) is 0 Å². The van der Waals surface area contributed by atoms with Crippen molar-refractivity contribution < 1.29 is 9.90 Å². The molecule has 5 heteroatoms. The molecule has 106 valence electrons. The number of nitrogens with one attached hydrogen (secondary N) is 1. The van der Waals surface area contributed by atoms with E-state index in [2.05, 4.69) is 15.3 Å².